The number of amides is 1. The van der Waals surface area contributed by atoms with Crippen molar-refractivity contribution >= 4 is 29.3 Å². The maximum Gasteiger partial charge on any atom is 0.247 e. The third-order valence-corrected chi connectivity index (χ3v) is 5.50. The summed E-state index contributed by atoms with van der Waals surface area (Å²) < 4.78 is 1.74. The first-order valence-corrected chi connectivity index (χ1v) is 10.3. The lowest BCUT2D eigenvalue weighted by molar-refractivity contribution is -0.119. The molecule has 1 atom stereocenters. The lowest BCUT2D eigenvalue weighted by Crippen LogP contribution is -2.27. The number of aryl methyl sites for hydroxylation is 2. The number of thioether (sulfide) groups is 1. The molecule has 3 N–H and O–H groups in total. The molecule has 1 aromatic heterocycles. The van der Waals surface area contributed by atoms with Crippen LogP contribution in [0.15, 0.2) is 59.8 Å². The maximum atomic E-state index is 12.9. The maximum absolute atomic E-state index is 12.9. The molecular weight excluding hydrogens is 370 g/mol. The summed E-state index contributed by atoms with van der Waals surface area (Å²) in [6, 6.07) is 17.5. The number of carbonyl (C=O) groups excluding carboxylic acids is 1. The van der Waals surface area contributed by atoms with Gasteiger partial charge in [-0.05, 0) is 37.0 Å². The second-order valence-electron chi connectivity index (χ2n) is 6.52. The Morgan fingerprint density at radius 1 is 1.14 bits per heavy atom. The molecule has 1 unspecified atom stereocenters. The van der Waals surface area contributed by atoms with Gasteiger partial charge in [0.05, 0.1) is 0 Å². The topological polar surface area (TPSA) is 85.8 Å². The van der Waals surface area contributed by atoms with E-state index in [1.807, 2.05) is 56.3 Å². The van der Waals surface area contributed by atoms with Gasteiger partial charge in [0.2, 0.25) is 11.9 Å². The number of aromatic nitrogens is 3. The predicted octanol–water partition coefficient (Wildman–Crippen LogP) is 4.09. The lowest BCUT2D eigenvalue weighted by Gasteiger charge is -2.19. The molecule has 3 rings (SSSR count). The fourth-order valence-electron chi connectivity index (χ4n) is 3.00. The molecule has 0 aliphatic heterocycles. The van der Waals surface area contributed by atoms with E-state index in [2.05, 4.69) is 27.6 Å². The van der Waals surface area contributed by atoms with Crippen LogP contribution in [0.5, 0.6) is 0 Å². The number of hydrogen-bond acceptors (Lipinski definition) is 5. The number of nitrogens with two attached hydrogens (primary N) is 1. The summed E-state index contributed by atoms with van der Waals surface area (Å²) in [5.41, 5.74) is 9.14. The van der Waals surface area contributed by atoms with E-state index in [0.717, 1.165) is 23.4 Å². The van der Waals surface area contributed by atoms with Gasteiger partial charge in [-0.2, -0.15) is 0 Å². The molecule has 0 saturated carbocycles. The van der Waals surface area contributed by atoms with Gasteiger partial charge in [0.1, 0.15) is 6.04 Å². The normalized spacial score (nSPS) is 11.9. The molecule has 0 aliphatic carbocycles. The average Bonchev–Trinajstić information content (AvgIpc) is 3.06. The zero-order chi connectivity index (χ0) is 19.9. The Morgan fingerprint density at radius 3 is 2.57 bits per heavy atom. The van der Waals surface area contributed by atoms with Gasteiger partial charge < -0.3 is 11.1 Å². The SMILES string of the molecule is CCC(C(=O)Nc1ccccc1C)n1c(N)nnc1SCCc1ccccc1. The van der Waals surface area contributed by atoms with Crippen LogP contribution in [0.1, 0.15) is 30.5 Å². The quantitative estimate of drug-likeness (QED) is 0.561. The third-order valence-electron chi connectivity index (χ3n) is 4.56. The van der Waals surface area contributed by atoms with Crippen molar-refractivity contribution in [2.45, 2.75) is 37.9 Å². The van der Waals surface area contributed by atoms with E-state index in [9.17, 15) is 4.79 Å². The number of nitrogens with zero attached hydrogens (tertiary/aromatic N) is 3. The first kappa shape index (κ1) is 19.9. The van der Waals surface area contributed by atoms with E-state index in [0.29, 0.717) is 11.6 Å². The van der Waals surface area contributed by atoms with E-state index >= 15 is 0 Å². The summed E-state index contributed by atoms with van der Waals surface area (Å²) in [4.78, 5) is 12.9. The van der Waals surface area contributed by atoms with Crippen molar-refractivity contribution < 1.29 is 4.79 Å². The molecule has 0 bridgehead atoms. The van der Waals surface area contributed by atoms with Crippen molar-refractivity contribution in [3.63, 3.8) is 0 Å². The highest BCUT2D eigenvalue weighted by atomic mass is 32.2. The van der Waals surface area contributed by atoms with Gasteiger partial charge >= 0.3 is 0 Å². The molecule has 0 saturated heterocycles. The molecule has 6 nitrogen and oxygen atoms in total. The second kappa shape index (κ2) is 9.41. The molecule has 1 amide bonds. The first-order valence-electron chi connectivity index (χ1n) is 9.33. The van der Waals surface area contributed by atoms with Crippen molar-refractivity contribution in [3.05, 3.63) is 65.7 Å². The average molecular weight is 396 g/mol. The molecule has 0 spiro atoms. The number of hydrogen-bond donors (Lipinski definition) is 2. The smallest absolute Gasteiger partial charge is 0.247 e. The Morgan fingerprint density at radius 2 is 1.86 bits per heavy atom. The highest BCUT2D eigenvalue weighted by Crippen LogP contribution is 2.27. The van der Waals surface area contributed by atoms with Gasteiger partial charge in [-0.1, -0.05) is 67.2 Å². The largest absolute Gasteiger partial charge is 0.368 e. The Balaban J connectivity index is 1.72. The fourth-order valence-corrected chi connectivity index (χ4v) is 3.98. The van der Waals surface area contributed by atoms with Crippen LogP contribution in [0.4, 0.5) is 11.6 Å². The van der Waals surface area contributed by atoms with Crippen LogP contribution in [-0.2, 0) is 11.2 Å². The fraction of sp³-hybridized carbons (Fsp3) is 0.286. The predicted molar refractivity (Wildman–Crippen MR) is 114 cm³/mol. The van der Waals surface area contributed by atoms with E-state index in [4.69, 9.17) is 5.73 Å². The van der Waals surface area contributed by atoms with Crippen molar-refractivity contribution in [1.82, 2.24) is 14.8 Å². The molecule has 3 aromatic rings. The first-order chi connectivity index (χ1) is 13.6. The molecule has 7 heteroatoms. The molecule has 2 aromatic carbocycles. The minimum absolute atomic E-state index is 0.117. The lowest BCUT2D eigenvalue weighted by atomic mass is 10.1. The molecule has 28 heavy (non-hydrogen) atoms. The monoisotopic (exact) mass is 395 g/mol. The molecule has 0 radical (unpaired) electrons. The van der Waals surface area contributed by atoms with Crippen molar-refractivity contribution in [2.24, 2.45) is 0 Å². The van der Waals surface area contributed by atoms with Gasteiger partial charge in [0.15, 0.2) is 5.16 Å². The Hall–Kier alpha value is -2.80. The molecule has 0 aliphatic rings. The van der Waals surface area contributed by atoms with Gasteiger partial charge in [-0.15, -0.1) is 10.2 Å². The minimum Gasteiger partial charge on any atom is -0.368 e. The van der Waals surface area contributed by atoms with Crippen LogP contribution in [-0.4, -0.2) is 26.4 Å². The third kappa shape index (κ3) is 4.72. The van der Waals surface area contributed by atoms with Gasteiger partial charge in [-0.25, -0.2) is 0 Å². The van der Waals surface area contributed by atoms with E-state index in [1.54, 1.807) is 16.3 Å². The second-order valence-corrected chi connectivity index (χ2v) is 7.59. The Kier molecular flexibility index (Phi) is 6.71. The summed E-state index contributed by atoms with van der Waals surface area (Å²) in [6.45, 7) is 3.93. The van der Waals surface area contributed by atoms with Crippen LogP contribution >= 0.6 is 11.8 Å². The Bertz CT molecular complexity index is 926. The standard InChI is InChI=1S/C21H25N5OS/c1-3-18(19(27)23-17-12-8-7-9-15(17)2)26-20(22)24-25-21(26)28-14-13-16-10-5-4-6-11-16/h4-12,18H,3,13-14H2,1-2H3,(H2,22,24)(H,23,27). The minimum atomic E-state index is -0.464. The van der Waals surface area contributed by atoms with E-state index < -0.39 is 6.04 Å². The highest BCUT2D eigenvalue weighted by Gasteiger charge is 2.25. The van der Waals surface area contributed by atoms with E-state index in [1.165, 1.54) is 5.56 Å². The number of rotatable bonds is 8. The molecular formula is C21H25N5OS. The number of benzene rings is 2. The summed E-state index contributed by atoms with van der Waals surface area (Å²) in [7, 11) is 0. The van der Waals surface area contributed by atoms with Gasteiger partial charge in [0, 0.05) is 11.4 Å². The van der Waals surface area contributed by atoms with Crippen LogP contribution in [0.3, 0.4) is 0 Å². The summed E-state index contributed by atoms with van der Waals surface area (Å²) >= 11 is 1.56. The zero-order valence-electron chi connectivity index (χ0n) is 16.1. The Labute approximate surface area is 169 Å². The van der Waals surface area contributed by atoms with Gasteiger partial charge in [-0.3, -0.25) is 9.36 Å². The van der Waals surface area contributed by atoms with Crippen molar-refractivity contribution in [1.29, 1.82) is 0 Å². The number of para-hydroxylation sites is 1. The summed E-state index contributed by atoms with van der Waals surface area (Å²) in [6.07, 6.45) is 1.50. The number of anilines is 2. The van der Waals surface area contributed by atoms with E-state index in [-0.39, 0.29) is 11.9 Å². The molecule has 0 fully saturated rings. The highest BCUT2D eigenvalue weighted by molar-refractivity contribution is 7.99. The van der Waals surface area contributed by atoms with Crippen LogP contribution in [0.2, 0.25) is 0 Å². The van der Waals surface area contributed by atoms with Crippen molar-refractivity contribution in [3.8, 4) is 0 Å². The zero-order valence-corrected chi connectivity index (χ0v) is 16.9. The number of nitrogens with one attached hydrogen (secondary N) is 1. The van der Waals surface area contributed by atoms with Crippen LogP contribution in [0.25, 0.3) is 0 Å². The van der Waals surface area contributed by atoms with Gasteiger partial charge in [0.25, 0.3) is 0 Å². The number of carbonyl (C=O) groups is 1. The molecule has 146 valence electrons. The van der Waals surface area contributed by atoms with Crippen molar-refractivity contribution in [2.75, 3.05) is 16.8 Å². The summed E-state index contributed by atoms with van der Waals surface area (Å²) in [5.74, 6) is 0.972. The number of nitrogen functional groups attached to an aromatic ring is 1. The van der Waals surface area contributed by atoms with Crippen LogP contribution in [0, 0.1) is 6.92 Å². The van der Waals surface area contributed by atoms with Crippen LogP contribution < -0.4 is 11.1 Å². The molecule has 1 heterocycles. The summed E-state index contributed by atoms with van der Waals surface area (Å²) in [5, 5.41) is 11.9.